The van der Waals surface area contributed by atoms with Crippen LogP contribution in [-0.4, -0.2) is 36.7 Å². The van der Waals surface area contributed by atoms with E-state index >= 15 is 0 Å². The average molecular weight is 410 g/mol. The van der Waals surface area contributed by atoms with Gasteiger partial charge in [0.25, 0.3) is 0 Å². The molecule has 1 aliphatic carbocycles. The Hall–Kier alpha value is -1.36. The summed E-state index contributed by atoms with van der Waals surface area (Å²) in [5.74, 6) is 0.631. The van der Waals surface area contributed by atoms with E-state index in [2.05, 4.69) is 32.2 Å². The fraction of sp³-hybridized carbons (Fsp3) is 0.833. The minimum atomic E-state index is -0.373. The van der Waals surface area contributed by atoms with E-state index in [4.69, 9.17) is 4.74 Å². The number of alkyl carbamates (subject to hydrolysis) is 1. The van der Waals surface area contributed by atoms with Gasteiger partial charge in [0.05, 0.1) is 12.7 Å². The second-order valence-electron chi connectivity index (χ2n) is 9.16. The maximum Gasteiger partial charge on any atom is 0.406 e. The molecule has 0 aliphatic heterocycles. The van der Waals surface area contributed by atoms with Crippen molar-refractivity contribution in [2.45, 2.75) is 97.5 Å². The number of ether oxygens (including phenoxy) is 1. The Morgan fingerprint density at radius 3 is 2.55 bits per heavy atom. The normalized spacial score (nSPS) is 20.1. The minimum absolute atomic E-state index is 0.0562. The van der Waals surface area contributed by atoms with E-state index in [0.717, 1.165) is 70.6 Å². The second kappa shape index (κ2) is 13.8. The van der Waals surface area contributed by atoms with Crippen LogP contribution in [0, 0.1) is 17.3 Å². The number of hydrogen-bond donors (Lipinski definition) is 2. The van der Waals surface area contributed by atoms with Crippen molar-refractivity contribution in [3.63, 3.8) is 0 Å². The summed E-state index contributed by atoms with van der Waals surface area (Å²) in [6.07, 6.45) is 14.2. The van der Waals surface area contributed by atoms with E-state index in [-0.39, 0.29) is 35.2 Å². The van der Waals surface area contributed by atoms with Crippen LogP contribution < -0.4 is 5.32 Å². The number of allylic oxidation sites excluding steroid dienone is 2. The van der Waals surface area contributed by atoms with Crippen molar-refractivity contribution in [1.29, 1.82) is 0 Å². The van der Waals surface area contributed by atoms with Crippen molar-refractivity contribution < 1.29 is 19.4 Å². The zero-order chi connectivity index (χ0) is 21.7. The molecule has 0 aromatic heterocycles. The van der Waals surface area contributed by atoms with Gasteiger partial charge in [-0.1, -0.05) is 65.4 Å². The summed E-state index contributed by atoms with van der Waals surface area (Å²) in [4.78, 5) is 23.2. The standard InChI is InChI=1S/C24H43NO4/c1-5-6-17-24(2,3)22(27)16-14-19-13-15-21(26)20(19)12-10-8-7-9-11-18-29-23(28)25-4/h13,15,19-20,22,27H,5-12,14,16-18H2,1-4H3,(H,25,28)/t19-,20-,22-/m1/s1. The summed E-state index contributed by atoms with van der Waals surface area (Å²) in [5, 5.41) is 13.1. The zero-order valence-corrected chi connectivity index (χ0v) is 19.0. The molecule has 0 aromatic carbocycles. The highest BCUT2D eigenvalue weighted by Gasteiger charge is 2.32. The van der Waals surface area contributed by atoms with Crippen LogP contribution >= 0.6 is 0 Å². The van der Waals surface area contributed by atoms with Gasteiger partial charge in [-0.15, -0.1) is 0 Å². The van der Waals surface area contributed by atoms with Gasteiger partial charge >= 0.3 is 6.09 Å². The molecule has 5 heteroatoms. The van der Waals surface area contributed by atoms with Crippen molar-refractivity contribution in [3.8, 4) is 0 Å². The van der Waals surface area contributed by atoms with Crippen LogP contribution in [0.5, 0.6) is 0 Å². The number of amides is 1. The summed E-state index contributed by atoms with van der Waals surface area (Å²) in [5.41, 5.74) is -0.0562. The smallest absolute Gasteiger partial charge is 0.406 e. The van der Waals surface area contributed by atoms with Gasteiger partial charge in [-0.3, -0.25) is 4.79 Å². The third-order valence-electron chi connectivity index (χ3n) is 6.34. The van der Waals surface area contributed by atoms with Crippen LogP contribution in [-0.2, 0) is 9.53 Å². The molecule has 168 valence electrons. The van der Waals surface area contributed by atoms with Crippen molar-refractivity contribution in [1.82, 2.24) is 5.32 Å². The van der Waals surface area contributed by atoms with Crippen LogP contribution in [0.2, 0.25) is 0 Å². The van der Waals surface area contributed by atoms with Crippen molar-refractivity contribution >= 4 is 11.9 Å². The molecular weight excluding hydrogens is 366 g/mol. The van der Waals surface area contributed by atoms with Crippen molar-refractivity contribution in [3.05, 3.63) is 12.2 Å². The van der Waals surface area contributed by atoms with Crippen molar-refractivity contribution in [2.24, 2.45) is 17.3 Å². The first-order valence-electron chi connectivity index (χ1n) is 11.6. The summed E-state index contributed by atoms with van der Waals surface area (Å²) >= 11 is 0. The zero-order valence-electron chi connectivity index (χ0n) is 19.0. The average Bonchev–Trinajstić information content (AvgIpc) is 3.05. The Morgan fingerprint density at radius 1 is 1.17 bits per heavy atom. The quantitative estimate of drug-likeness (QED) is 0.355. The lowest BCUT2D eigenvalue weighted by atomic mass is 9.77. The number of carbonyl (C=O) groups excluding carboxylic acids is 2. The summed E-state index contributed by atoms with van der Waals surface area (Å²) in [6, 6.07) is 0. The molecule has 0 radical (unpaired) electrons. The summed E-state index contributed by atoms with van der Waals surface area (Å²) < 4.78 is 4.98. The molecule has 1 rings (SSSR count). The fourth-order valence-corrected chi connectivity index (χ4v) is 4.11. The predicted octanol–water partition coefficient (Wildman–Crippen LogP) is 5.41. The van der Waals surface area contributed by atoms with E-state index in [1.807, 2.05) is 0 Å². The number of unbranched alkanes of at least 4 members (excludes halogenated alkanes) is 5. The molecule has 0 saturated heterocycles. The van der Waals surface area contributed by atoms with Crippen LogP contribution in [0.15, 0.2) is 12.2 Å². The molecule has 0 bridgehead atoms. The third-order valence-corrected chi connectivity index (χ3v) is 6.34. The van der Waals surface area contributed by atoms with Crippen molar-refractivity contribution in [2.75, 3.05) is 13.7 Å². The number of ketones is 1. The lowest BCUT2D eigenvalue weighted by molar-refractivity contribution is -0.118. The molecule has 0 aromatic rings. The highest BCUT2D eigenvalue weighted by atomic mass is 16.5. The second-order valence-corrected chi connectivity index (χ2v) is 9.16. The van der Waals surface area contributed by atoms with Crippen LogP contribution in [0.25, 0.3) is 0 Å². The molecule has 1 aliphatic rings. The largest absolute Gasteiger partial charge is 0.450 e. The Kier molecular flexibility index (Phi) is 12.2. The van der Waals surface area contributed by atoms with E-state index in [0.29, 0.717) is 6.61 Å². The highest BCUT2D eigenvalue weighted by molar-refractivity contribution is 5.94. The number of hydrogen-bond acceptors (Lipinski definition) is 4. The van der Waals surface area contributed by atoms with E-state index in [1.54, 1.807) is 13.1 Å². The van der Waals surface area contributed by atoms with Gasteiger partial charge in [0, 0.05) is 13.0 Å². The molecule has 0 unspecified atom stereocenters. The van der Waals surface area contributed by atoms with Crippen LogP contribution in [0.3, 0.4) is 0 Å². The monoisotopic (exact) mass is 409 g/mol. The fourth-order valence-electron chi connectivity index (χ4n) is 4.11. The van der Waals surface area contributed by atoms with Gasteiger partial charge in [0.2, 0.25) is 0 Å². The molecule has 29 heavy (non-hydrogen) atoms. The third kappa shape index (κ3) is 9.79. The molecule has 0 fully saturated rings. The molecule has 3 atom stereocenters. The molecule has 5 nitrogen and oxygen atoms in total. The molecule has 0 saturated carbocycles. The van der Waals surface area contributed by atoms with E-state index < -0.39 is 0 Å². The lowest BCUT2D eigenvalue weighted by Gasteiger charge is -2.31. The number of aliphatic hydroxyl groups excluding tert-OH is 1. The Morgan fingerprint density at radius 2 is 1.86 bits per heavy atom. The Balaban J connectivity index is 2.24. The van der Waals surface area contributed by atoms with Gasteiger partial charge in [-0.2, -0.15) is 0 Å². The van der Waals surface area contributed by atoms with E-state index in [1.165, 1.54) is 0 Å². The summed E-state index contributed by atoms with van der Waals surface area (Å²) in [6.45, 7) is 6.95. The maximum absolute atomic E-state index is 12.3. The SMILES string of the molecule is CCCCC(C)(C)[C@H](O)CC[C@H]1C=CC(=O)[C@@H]1CCCCCCCOC(=O)NC. The molecule has 1 amide bonds. The Labute approximate surface area is 177 Å². The minimum Gasteiger partial charge on any atom is -0.450 e. The van der Waals surface area contributed by atoms with Crippen LogP contribution in [0.4, 0.5) is 4.79 Å². The van der Waals surface area contributed by atoms with Gasteiger partial charge in [-0.05, 0) is 49.5 Å². The maximum atomic E-state index is 12.3. The lowest BCUT2D eigenvalue weighted by Crippen LogP contribution is -2.30. The number of carbonyl (C=O) groups is 2. The predicted molar refractivity (Wildman–Crippen MR) is 118 cm³/mol. The van der Waals surface area contributed by atoms with Gasteiger partial charge in [0.1, 0.15) is 0 Å². The summed E-state index contributed by atoms with van der Waals surface area (Å²) in [7, 11) is 1.56. The first kappa shape index (κ1) is 25.7. The van der Waals surface area contributed by atoms with Gasteiger partial charge in [0.15, 0.2) is 5.78 Å². The van der Waals surface area contributed by atoms with Gasteiger partial charge < -0.3 is 15.2 Å². The number of nitrogens with one attached hydrogen (secondary N) is 1. The number of rotatable bonds is 15. The first-order chi connectivity index (χ1) is 13.8. The van der Waals surface area contributed by atoms with Gasteiger partial charge in [-0.25, -0.2) is 4.79 Å². The Bertz CT molecular complexity index is 515. The molecule has 0 spiro atoms. The first-order valence-corrected chi connectivity index (χ1v) is 11.6. The molecular formula is C24H43NO4. The highest BCUT2D eigenvalue weighted by Crippen LogP contribution is 2.35. The van der Waals surface area contributed by atoms with Crippen LogP contribution in [0.1, 0.15) is 91.4 Å². The molecule has 2 N–H and O–H groups in total. The number of aliphatic hydroxyl groups is 1. The molecule has 0 heterocycles. The topological polar surface area (TPSA) is 75.6 Å². The van der Waals surface area contributed by atoms with E-state index in [9.17, 15) is 14.7 Å².